The monoisotopic (exact) mass is 574 g/mol. The molecule has 6 rings (SSSR count). The molecule has 3 heterocycles. The molecule has 2 aliphatic heterocycles. The number of nitrogens with zero attached hydrogens (tertiary/aromatic N) is 2. The summed E-state index contributed by atoms with van der Waals surface area (Å²) in [6, 6.07) is 15.1. The fraction of sp³-hybridized carbons (Fsp3) is 0.258. The molecule has 0 bridgehead atoms. The summed E-state index contributed by atoms with van der Waals surface area (Å²) in [6.07, 6.45) is 0.856. The lowest BCUT2D eigenvalue weighted by atomic mass is 9.95. The van der Waals surface area contributed by atoms with E-state index in [4.69, 9.17) is 14.2 Å². The lowest BCUT2D eigenvalue weighted by Crippen LogP contribution is -2.29. The molecular formula is C31H27FN2O6S. The van der Waals surface area contributed by atoms with Gasteiger partial charge in [-0.05, 0) is 66.4 Å². The molecule has 1 fully saturated rings. The van der Waals surface area contributed by atoms with Crippen molar-refractivity contribution >= 4 is 44.1 Å². The van der Waals surface area contributed by atoms with E-state index in [1.165, 1.54) is 23.1 Å². The first-order chi connectivity index (χ1) is 19.8. The molecular weight excluding hydrogens is 547 g/mol. The Labute approximate surface area is 239 Å². The van der Waals surface area contributed by atoms with Gasteiger partial charge in [0.25, 0.3) is 5.78 Å². The minimum Gasteiger partial charge on any atom is -0.507 e. The molecule has 0 saturated carbocycles. The Morgan fingerprint density at radius 1 is 1.10 bits per heavy atom. The number of anilines is 1. The van der Waals surface area contributed by atoms with Gasteiger partial charge in [-0.1, -0.05) is 37.3 Å². The van der Waals surface area contributed by atoms with Crippen LogP contribution in [0, 0.1) is 11.7 Å². The topological polar surface area (TPSA) is 98.2 Å². The van der Waals surface area contributed by atoms with Crippen LogP contribution in [0.2, 0.25) is 0 Å². The molecule has 4 aromatic rings. The van der Waals surface area contributed by atoms with E-state index in [1.807, 2.05) is 0 Å². The SMILES string of the molecule is CC(C)CCOc1cccc(C2C(=C(O)c3ccc4c(c3)OCCO4)C(=O)C(=O)N2c2nc3ccc(F)cc3s2)c1. The zero-order chi connectivity index (χ0) is 28.7. The van der Waals surface area contributed by atoms with Crippen LogP contribution in [0.3, 0.4) is 0 Å². The van der Waals surface area contributed by atoms with Crippen molar-refractivity contribution in [1.82, 2.24) is 4.98 Å². The standard InChI is InChI=1S/C31H27FN2O6S/c1-17(2)10-11-38-21-5-3-4-18(14-21)27-26(28(35)19-6-9-23-24(15-19)40-13-12-39-23)29(36)30(37)34(27)31-33-22-8-7-20(32)16-25(22)41-31/h3-9,14-17,27,35H,10-13H2,1-2H3. The highest BCUT2D eigenvalue weighted by Gasteiger charge is 2.48. The smallest absolute Gasteiger partial charge is 0.301 e. The van der Waals surface area contributed by atoms with Gasteiger partial charge in [0.05, 0.1) is 28.4 Å². The van der Waals surface area contributed by atoms with Gasteiger partial charge >= 0.3 is 5.91 Å². The van der Waals surface area contributed by atoms with Gasteiger partial charge in [-0.25, -0.2) is 9.37 Å². The Morgan fingerprint density at radius 2 is 1.90 bits per heavy atom. The van der Waals surface area contributed by atoms with E-state index in [-0.39, 0.29) is 16.5 Å². The number of Topliss-reactive ketones (excluding diaryl/α,β-unsaturated/α-hetero) is 1. The van der Waals surface area contributed by atoms with Gasteiger partial charge in [0.15, 0.2) is 16.6 Å². The average Bonchev–Trinajstić information content (AvgIpc) is 3.49. The number of carbonyl (C=O) groups is 2. The maximum atomic E-state index is 13.9. The molecule has 0 aliphatic carbocycles. The van der Waals surface area contributed by atoms with Crippen LogP contribution in [0.5, 0.6) is 17.2 Å². The molecule has 1 atom stereocenters. The highest BCUT2D eigenvalue weighted by molar-refractivity contribution is 7.22. The molecule has 2 aliphatic rings. The number of rotatable bonds is 7. The summed E-state index contributed by atoms with van der Waals surface area (Å²) in [5, 5.41) is 11.8. The van der Waals surface area contributed by atoms with Gasteiger partial charge in [0.2, 0.25) is 0 Å². The minimum absolute atomic E-state index is 0.101. The summed E-state index contributed by atoms with van der Waals surface area (Å²) in [5.41, 5.74) is 1.24. The number of carbonyl (C=O) groups excluding carboxylic acids is 2. The average molecular weight is 575 g/mol. The second-order valence-corrected chi connectivity index (χ2v) is 11.2. The molecule has 1 N–H and O–H groups in total. The van der Waals surface area contributed by atoms with Crippen molar-refractivity contribution < 1.29 is 33.3 Å². The first kappa shape index (κ1) is 26.8. The second-order valence-electron chi connectivity index (χ2n) is 10.2. The fourth-order valence-electron chi connectivity index (χ4n) is 4.87. The number of aliphatic hydroxyl groups excluding tert-OH is 1. The lowest BCUT2D eigenvalue weighted by Gasteiger charge is -2.24. The van der Waals surface area contributed by atoms with Crippen molar-refractivity contribution in [2.75, 3.05) is 24.7 Å². The van der Waals surface area contributed by atoms with Crippen LogP contribution in [0.4, 0.5) is 9.52 Å². The second kappa shape index (κ2) is 10.9. The summed E-state index contributed by atoms with van der Waals surface area (Å²) in [7, 11) is 0. The first-order valence-electron chi connectivity index (χ1n) is 13.3. The van der Waals surface area contributed by atoms with Gasteiger partial charge < -0.3 is 19.3 Å². The number of halogens is 1. The van der Waals surface area contributed by atoms with E-state index in [2.05, 4.69) is 18.8 Å². The molecule has 41 heavy (non-hydrogen) atoms. The number of fused-ring (bicyclic) bond motifs is 2. The Morgan fingerprint density at radius 3 is 2.71 bits per heavy atom. The Hall–Kier alpha value is -4.44. The molecule has 210 valence electrons. The molecule has 1 unspecified atom stereocenters. The van der Waals surface area contributed by atoms with E-state index in [9.17, 15) is 19.1 Å². The van der Waals surface area contributed by atoms with Crippen LogP contribution >= 0.6 is 11.3 Å². The van der Waals surface area contributed by atoms with E-state index in [1.54, 1.807) is 42.5 Å². The van der Waals surface area contributed by atoms with E-state index in [0.717, 1.165) is 17.8 Å². The third kappa shape index (κ3) is 5.11. The Bertz CT molecular complexity index is 1700. The van der Waals surface area contributed by atoms with Crippen molar-refractivity contribution in [3.05, 3.63) is 83.2 Å². The van der Waals surface area contributed by atoms with E-state index >= 15 is 0 Å². The summed E-state index contributed by atoms with van der Waals surface area (Å²) in [5.74, 6) is -0.516. The zero-order valence-corrected chi connectivity index (χ0v) is 23.2. The van der Waals surface area contributed by atoms with Crippen molar-refractivity contribution in [2.45, 2.75) is 26.3 Å². The third-order valence-electron chi connectivity index (χ3n) is 6.94. The van der Waals surface area contributed by atoms with Gasteiger partial charge in [0.1, 0.15) is 30.5 Å². The lowest BCUT2D eigenvalue weighted by molar-refractivity contribution is -0.132. The summed E-state index contributed by atoms with van der Waals surface area (Å²) in [6.45, 7) is 5.47. The zero-order valence-electron chi connectivity index (χ0n) is 22.4. The number of ether oxygens (including phenoxy) is 3. The molecule has 0 spiro atoms. The predicted octanol–water partition coefficient (Wildman–Crippen LogP) is 6.26. The van der Waals surface area contributed by atoms with Crippen molar-refractivity contribution in [3.63, 3.8) is 0 Å². The van der Waals surface area contributed by atoms with Gasteiger partial charge in [-0.3, -0.25) is 14.5 Å². The maximum absolute atomic E-state index is 13.9. The van der Waals surface area contributed by atoms with Gasteiger partial charge in [-0.2, -0.15) is 0 Å². The summed E-state index contributed by atoms with van der Waals surface area (Å²) < 4.78 is 31.7. The Balaban J connectivity index is 1.48. The number of hydrogen-bond donors (Lipinski definition) is 1. The van der Waals surface area contributed by atoms with Gasteiger partial charge in [-0.15, -0.1) is 0 Å². The van der Waals surface area contributed by atoms with Gasteiger partial charge in [0, 0.05) is 5.56 Å². The molecule has 1 saturated heterocycles. The Kier molecular flexibility index (Phi) is 7.08. The van der Waals surface area contributed by atoms with Crippen LogP contribution in [0.25, 0.3) is 16.0 Å². The molecule has 1 aromatic heterocycles. The van der Waals surface area contributed by atoms with Crippen molar-refractivity contribution in [1.29, 1.82) is 0 Å². The van der Waals surface area contributed by atoms with Crippen LogP contribution < -0.4 is 19.1 Å². The van der Waals surface area contributed by atoms with Crippen molar-refractivity contribution in [3.8, 4) is 17.2 Å². The number of thiazole rings is 1. The largest absolute Gasteiger partial charge is 0.507 e. The van der Waals surface area contributed by atoms with Crippen LogP contribution in [-0.4, -0.2) is 41.6 Å². The quantitative estimate of drug-likeness (QED) is 0.158. The maximum Gasteiger partial charge on any atom is 0.301 e. The van der Waals surface area contributed by atoms with Crippen molar-refractivity contribution in [2.24, 2.45) is 5.92 Å². The molecule has 10 heteroatoms. The predicted molar refractivity (Wildman–Crippen MR) is 153 cm³/mol. The minimum atomic E-state index is -1.01. The number of hydrogen-bond acceptors (Lipinski definition) is 8. The van der Waals surface area contributed by atoms with E-state index < -0.39 is 23.5 Å². The van der Waals surface area contributed by atoms with Crippen LogP contribution in [-0.2, 0) is 9.59 Å². The van der Waals surface area contributed by atoms with Crippen LogP contribution in [0.1, 0.15) is 37.4 Å². The normalized spacial score (nSPS) is 18.0. The third-order valence-corrected chi connectivity index (χ3v) is 7.96. The van der Waals surface area contributed by atoms with Crippen LogP contribution in [0.15, 0.2) is 66.2 Å². The first-order valence-corrected chi connectivity index (χ1v) is 14.1. The number of benzene rings is 3. The number of amides is 1. The fourth-order valence-corrected chi connectivity index (χ4v) is 5.88. The molecule has 3 aromatic carbocycles. The molecule has 8 nitrogen and oxygen atoms in total. The molecule has 0 radical (unpaired) electrons. The van der Waals surface area contributed by atoms with E-state index in [0.29, 0.717) is 64.3 Å². The summed E-state index contributed by atoms with van der Waals surface area (Å²) in [4.78, 5) is 33.0. The number of ketones is 1. The number of aromatic nitrogens is 1. The summed E-state index contributed by atoms with van der Waals surface area (Å²) >= 11 is 1.09. The highest BCUT2D eigenvalue weighted by atomic mass is 32.1. The molecule has 1 amide bonds. The number of aliphatic hydroxyl groups is 1. The highest BCUT2D eigenvalue weighted by Crippen LogP contribution is 2.45.